The third-order valence-electron chi connectivity index (χ3n) is 6.66. The summed E-state index contributed by atoms with van der Waals surface area (Å²) >= 11 is 0. The second-order valence-electron chi connectivity index (χ2n) is 10.0. The van der Waals surface area contributed by atoms with E-state index in [4.69, 9.17) is 4.74 Å². The number of aromatic nitrogens is 1. The quantitative estimate of drug-likeness (QED) is 0.569. The van der Waals surface area contributed by atoms with E-state index in [1.54, 1.807) is 0 Å². The first-order valence-corrected chi connectivity index (χ1v) is 12.7. The molecule has 0 amide bonds. The van der Waals surface area contributed by atoms with Crippen LogP contribution in [0.2, 0.25) is 0 Å². The van der Waals surface area contributed by atoms with Gasteiger partial charge in [-0.05, 0) is 62.9 Å². The average molecular weight is 484 g/mol. The van der Waals surface area contributed by atoms with E-state index in [0.29, 0.717) is 13.0 Å². The average Bonchev–Trinajstić information content (AvgIpc) is 2.94. The lowest BCUT2D eigenvalue weighted by molar-refractivity contribution is 0.0673. The highest BCUT2D eigenvalue weighted by Gasteiger charge is 2.24. The molecule has 2 unspecified atom stereocenters. The number of alkyl halides is 1. The standard InChI is InChI=1S/C29H42FN3O2/c1-8-24-15-23(9-10-25(24)16-28(34)22(5)30)18-33-17-21(4)35-12-11-27(33)29(32(6)7)26-13-19(2)31-20(3)14-26/h9-10,13-15,21-22,28,34H,8,11-12,16-18H2,1-7H3/b29-27-/t21-,22?,28?/m1/s1. The Bertz CT molecular complexity index is 1010. The van der Waals surface area contributed by atoms with E-state index in [2.05, 4.69) is 73.1 Å². The molecule has 0 spiro atoms. The Balaban J connectivity index is 2.01. The number of ether oxygens (including phenoxy) is 1. The van der Waals surface area contributed by atoms with Crippen molar-refractivity contribution >= 4 is 5.70 Å². The molecule has 35 heavy (non-hydrogen) atoms. The first-order chi connectivity index (χ1) is 16.6. The number of hydrogen-bond acceptors (Lipinski definition) is 5. The molecule has 2 heterocycles. The van der Waals surface area contributed by atoms with Gasteiger partial charge in [0.15, 0.2) is 0 Å². The topological polar surface area (TPSA) is 48.8 Å². The number of aliphatic hydroxyl groups is 1. The third-order valence-corrected chi connectivity index (χ3v) is 6.66. The minimum absolute atomic E-state index is 0.128. The minimum Gasteiger partial charge on any atom is -0.390 e. The van der Waals surface area contributed by atoms with Gasteiger partial charge in [0, 0.05) is 62.7 Å². The lowest BCUT2D eigenvalue weighted by Crippen LogP contribution is -2.31. The van der Waals surface area contributed by atoms with E-state index in [1.165, 1.54) is 35.0 Å². The van der Waals surface area contributed by atoms with Crippen LogP contribution in [0.3, 0.4) is 0 Å². The molecule has 1 aliphatic heterocycles. The van der Waals surface area contributed by atoms with Gasteiger partial charge in [0.2, 0.25) is 0 Å². The summed E-state index contributed by atoms with van der Waals surface area (Å²) in [4.78, 5) is 9.23. The molecule has 0 bridgehead atoms. The molecule has 1 saturated heterocycles. The van der Waals surface area contributed by atoms with E-state index in [1.807, 2.05) is 13.8 Å². The summed E-state index contributed by atoms with van der Waals surface area (Å²) in [5.41, 5.74) is 9.06. The van der Waals surface area contributed by atoms with Gasteiger partial charge in [0.25, 0.3) is 0 Å². The molecule has 192 valence electrons. The van der Waals surface area contributed by atoms with Crippen LogP contribution in [0.1, 0.15) is 60.8 Å². The number of benzene rings is 1. The van der Waals surface area contributed by atoms with Crippen molar-refractivity contribution in [2.24, 2.45) is 0 Å². The predicted molar refractivity (Wildman–Crippen MR) is 141 cm³/mol. The van der Waals surface area contributed by atoms with E-state index < -0.39 is 12.3 Å². The van der Waals surface area contributed by atoms with E-state index in [9.17, 15) is 9.50 Å². The van der Waals surface area contributed by atoms with Gasteiger partial charge in [-0.15, -0.1) is 0 Å². The van der Waals surface area contributed by atoms with Gasteiger partial charge >= 0.3 is 0 Å². The molecule has 1 N–H and O–H groups in total. The Kier molecular flexibility index (Phi) is 9.31. The molecule has 3 atom stereocenters. The van der Waals surface area contributed by atoms with E-state index in [0.717, 1.165) is 42.9 Å². The second kappa shape index (κ2) is 12.0. The van der Waals surface area contributed by atoms with Crippen molar-refractivity contribution in [3.05, 3.63) is 69.7 Å². The molecule has 1 aromatic heterocycles. The van der Waals surface area contributed by atoms with Crippen molar-refractivity contribution in [3.8, 4) is 0 Å². The van der Waals surface area contributed by atoms with E-state index in [-0.39, 0.29) is 6.10 Å². The predicted octanol–water partition coefficient (Wildman–Crippen LogP) is 5.06. The van der Waals surface area contributed by atoms with Crippen LogP contribution in [-0.4, -0.2) is 65.5 Å². The maximum Gasteiger partial charge on any atom is 0.123 e. The van der Waals surface area contributed by atoms with Gasteiger partial charge in [0.05, 0.1) is 24.5 Å². The Morgan fingerprint density at radius 2 is 1.89 bits per heavy atom. The lowest BCUT2D eigenvalue weighted by Gasteiger charge is -2.32. The number of rotatable bonds is 8. The molecule has 5 nitrogen and oxygen atoms in total. The maximum absolute atomic E-state index is 13.6. The van der Waals surface area contributed by atoms with Crippen molar-refractivity contribution in [3.63, 3.8) is 0 Å². The number of aryl methyl sites for hydroxylation is 3. The third kappa shape index (κ3) is 7.05. The zero-order valence-corrected chi connectivity index (χ0v) is 22.4. The molecule has 1 fully saturated rings. The smallest absolute Gasteiger partial charge is 0.123 e. The Morgan fingerprint density at radius 1 is 1.20 bits per heavy atom. The van der Waals surface area contributed by atoms with Crippen LogP contribution in [0.4, 0.5) is 4.39 Å². The van der Waals surface area contributed by atoms with Crippen molar-refractivity contribution < 1.29 is 14.2 Å². The van der Waals surface area contributed by atoms with Gasteiger partial charge < -0.3 is 19.6 Å². The lowest BCUT2D eigenvalue weighted by atomic mass is 9.96. The number of nitrogens with zero attached hydrogens (tertiary/aromatic N) is 3. The van der Waals surface area contributed by atoms with Crippen LogP contribution in [0.15, 0.2) is 36.0 Å². The largest absolute Gasteiger partial charge is 0.390 e. The highest BCUT2D eigenvalue weighted by molar-refractivity contribution is 5.67. The fraction of sp³-hybridized carbons (Fsp3) is 0.552. The van der Waals surface area contributed by atoms with Crippen LogP contribution >= 0.6 is 0 Å². The summed E-state index contributed by atoms with van der Waals surface area (Å²) in [6, 6.07) is 10.7. The van der Waals surface area contributed by atoms with Crippen molar-refractivity contribution in [1.29, 1.82) is 0 Å². The van der Waals surface area contributed by atoms with Gasteiger partial charge in [0.1, 0.15) is 6.17 Å². The summed E-state index contributed by atoms with van der Waals surface area (Å²) in [6.45, 7) is 12.0. The molecule has 0 saturated carbocycles. The molecule has 1 aliphatic rings. The molecule has 3 rings (SSSR count). The molecule has 0 radical (unpaired) electrons. The summed E-state index contributed by atoms with van der Waals surface area (Å²) in [6.07, 6.45) is -0.0703. The van der Waals surface area contributed by atoms with Crippen LogP contribution in [-0.2, 0) is 24.1 Å². The molecule has 1 aromatic carbocycles. The molecular weight excluding hydrogens is 441 g/mol. The molecular formula is C29H42FN3O2. The molecule has 6 heteroatoms. The van der Waals surface area contributed by atoms with Gasteiger partial charge in [-0.25, -0.2) is 4.39 Å². The van der Waals surface area contributed by atoms with Gasteiger partial charge in [-0.3, -0.25) is 4.98 Å². The second-order valence-corrected chi connectivity index (χ2v) is 10.0. The zero-order valence-electron chi connectivity index (χ0n) is 22.4. The first kappa shape index (κ1) is 27.2. The van der Waals surface area contributed by atoms with Crippen LogP contribution in [0.25, 0.3) is 5.70 Å². The number of aliphatic hydroxyl groups excluding tert-OH is 1. The number of halogens is 1. The van der Waals surface area contributed by atoms with Crippen molar-refractivity contribution in [2.45, 2.75) is 78.8 Å². The van der Waals surface area contributed by atoms with Gasteiger partial charge in [-0.2, -0.15) is 0 Å². The summed E-state index contributed by atoms with van der Waals surface area (Å²) in [7, 11) is 4.20. The monoisotopic (exact) mass is 483 g/mol. The van der Waals surface area contributed by atoms with E-state index >= 15 is 0 Å². The maximum atomic E-state index is 13.6. The number of pyridine rings is 1. The van der Waals surface area contributed by atoms with Crippen molar-refractivity contribution in [2.75, 3.05) is 27.2 Å². The van der Waals surface area contributed by atoms with Gasteiger partial charge in [-0.1, -0.05) is 25.1 Å². The Morgan fingerprint density at radius 3 is 2.49 bits per heavy atom. The fourth-order valence-electron chi connectivity index (χ4n) is 4.98. The van der Waals surface area contributed by atoms with Crippen molar-refractivity contribution in [1.82, 2.24) is 14.8 Å². The Labute approximate surface area is 210 Å². The minimum atomic E-state index is -1.24. The molecule has 0 aliphatic carbocycles. The van der Waals surface area contributed by atoms with Crippen LogP contribution in [0.5, 0.6) is 0 Å². The highest BCUT2D eigenvalue weighted by atomic mass is 19.1. The summed E-state index contributed by atoms with van der Waals surface area (Å²) < 4.78 is 19.6. The summed E-state index contributed by atoms with van der Waals surface area (Å²) in [5.74, 6) is 0. The molecule has 2 aromatic rings. The number of hydrogen-bond donors (Lipinski definition) is 1. The SMILES string of the molecule is CCc1cc(CN2C[C@@H](C)OCC/C2=C(\c2cc(C)nc(C)c2)N(C)C)ccc1CC(O)C(C)F. The first-order valence-electron chi connectivity index (χ1n) is 12.7. The Hall–Kier alpha value is -2.44. The highest BCUT2D eigenvalue weighted by Crippen LogP contribution is 2.30. The normalized spacial score (nSPS) is 19.8. The van der Waals surface area contributed by atoms with Crippen LogP contribution in [0, 0.1) is 13.8 Å². The zero-order chi connectivity index (χ0) is 25.7. The fourth-order valence-corrected chi connectivity index (χ4v) is 4.98. The summed E-state index contributed by atoms with van der Waals surface area (Å²) in [5, 5.41) is 10.1. The van der Waals surface area contributed by atoms with Crippen LogP contribution < -0.4 is 0 Å².